The van der Waals surface area contributed by atoms with Crippen LogP contribution in [0.1, 0.15) is 50.2 Å². The summed E-state index contributed by atoms with van der Waals surface area (Å²) in [7, 11) is 0. The predicted molar refractivity (Wildman–Crippen MR) is 119 cm³/mol. The molecule has 3 N–H and O–H groups in total. The average molecular weight is 440 g/mol. The molecule has 170 valence electrons. The molecule has 1 saturated carbocycles. The monoisotopic (exact) mass is 439 g/mol. The zero-order chi connectivity index (χ0) is 22.8. The summed E-state index contributed by atoms with van der Waals surface area (Å²) in [6.07, 6.45) is 3.91. The minimum atomic E-state index is -0.317. The van der Waals surface area contributed by atoms with Gasteiger partial charge in [-0.05, 0) is 63.1 Å². The number of aryl methyl sites for hydroxylation is 2. The van der Waals surface area contributed by atoms with Crippen molar-refractivity contribution in [1.82, 2.24) is 25.1 Å². The molecule has 0 radical (unpaired) electrons. The standard InChI is InChI=1S/C23H29N5O4/c1-4-6-19-24-13(3)20-23(30)25-21(26-28(19)20)17-12-14(7-8-18(17)32-5-2)9-15-10-16(11-15)22(29)27-31/h7-8,12,15-16,31H,4-6,9-11H2,1-3H3,(H,27,29)(H,25,26,30). The molecule has 0 bridgehead atoms. The van der Waals surface area contributed by atoms with E-state index < -0.39 is 0 Å². The number of imidazole rings is 1. The number of amides is 1. The third-order valence-corrected chi connectivity index (χ3v) is 6.06. The fraction of sp³-hybridized carbons (Fsp3) is 0.478. The summed E-state index contributed by atoms with van der Waals surface area (Å²) in [5.74, 6) is 1.78. The molecule has 0 spiro atoms. The summed E-state index contributed by atoms with van der Waals surface area (Å²) in [5.41, 5.74) is 4.44. The maximum absolute atomic E-state index is 12.9. The van der Waals surface area contributed by atoms with Gasteiger partial charge in [0.15, 0.2) is 11.3 Å². The number of aromatic nitrogens is 4. The fourth-order valence-electron chi connectivity index (χ4n) is 4.45. The van der Waals surface area contributed by atoms with Crippen LogP contribution >= 0.6 is 0 Å². The molecule has 0 saturated heterocycles. The quantitative estimate of drug-likeness (QED) is 0.367. The van der Waals surface area contributed by atoms with Crippen molar-refractivity contribution in [2.75, 3.05) is 6.61 Å². The first-order valence-corrected chi connectivity index (χ1v) is 11.1. The Hall–Kier alpha value is -3.20. The molecule has 1 aliphatic rings. The highest BCUT2D eigenvalue weighted by Crippen LogP contribution is 2.37. The van der Waals surface area contributed by atoms with E-state index >= 15 is 0 Å². The van der Waals surface area contributed by atoms with Crippen molar-refractivity contribution in [2.45, 2.75) is 52.9 Å². The van der Waals surface area contributed by atoms with Crippen LogP contribution in [0.15, 0.2) is 23.0 Å². The van der Waals surface area contributed by atoms with Gasteiger partial charge in [0, 0.05) is 12.3 Å². The van der Waals surface area contributed by atoms with Crippen LogP contribution in [-0.4, -0.2) is 37.3 Å². The van der Waals surface area contributed by atoms with Gasteiger partial charge in [0.1, 0.15) is 11.6 Å². The summed E-state index contributed by atoms with van der Waals surface area (Å²) < 4.78 is 7.47. The van der Waals surface area contributed by atoms with Crippen LogP contribution in [0, 0.1) is 18.8 Å². The van der Waals surface area contributed by atoms with E-state index in [4.69, 9.17) is 15.0 Å². The number of aromatic amines is 1. The van der Waals surface area contributed by atoms with Crippen LogP contribution in [0.2, 0.25) is 0 Å². The van der Waals surface area contributed by atoms with Gasteiger partial charge < -0.3 is 9.72 Å². The lowest BCUT2D eigenvalue weighted by Gasteiger charge is -2.33. The maximum atomic E-state index is 12.9. The molecule has 32 heavy (non-hydrogen) atoms. The molecule has 0 aliphatic heterocycles. The lowest BCUT2D eigenvalue weighted by atomic mass is 9.72. The van der Waals surface area contributed by atoms with E-state index in [0.29, 0.717) is 35.3 Å². The number of carbonyl (C=O) groups is 1. The SMILES string of the molecule is CCCc1nc(C)c2c(=O)[nH]c(-c3cc(CC4CC(C(=O)NO)C4)ccc3OCC)nn12. The lowest BCUT2D eigenvalue weighted by molar-refractivity contribution is -0.137. The lowest BCUT2D eigenvalue weighted by Crippen LogP contribution is -2.38. The van der Waals surface area contributed by atoms with Gasteiger partial charge in [-0.2, -0.15) is 0 Å². The Bertz CT molecular complexity index is 1190. The van der Waals surface area contributed by atoms with Gasteiger partial charge in [-0.25, -0.2) is 15.0 Å². The van der Waals surface area contributed by atoms with Crippen LogP contribution in [0.4, 0.5) is 0 Å². The number of hydroxylamine groups is 1. The van der Waals surface area contributed by atoms with Crippen molar-refractivity contribution < 1.29 is 14.7 Å². The number of H-pyrrole nitrogens is 1. The summed E-state index contributed by atoms with van der Waals surface area (Å²) in [4.78, 5) is 31.9. The molecule has 4 rings (SSSR count). The summed E-state index contributed by atoms with van der Waals surface area (Å²) in [6, 6.07) is 5.91. The molecule has 9 nitrogen and oxygen atoms in total. The molecule has 2 aromatic heterocycles. The van der Waals surface area contributed by atoms with Crippen molar-refractivity contribution in [3.63, 3.8) is 0 Å². The fourth-order valence-corrected chi connectivity index (χ4v) is 4.45. The van der Waals surface area contributed by atoms with Gasteiger partial charge in [-0.1, -0.05) is 13.0 Å². The normalized spacial score (nSPS) is 17.9. The van der Waals surface area contributed by atoms with E-state index in [9.17, 15) is 9.59 Å². The number of hydrogen-bond acceptors (Lipinski definition) is 6. The largest absolute Gasteiger partial charge is 0.493 e. The van der Waals surface area contributed by atoms with E-state index in [1.54, 1.807) is 10.00 Å². The Morgan fingerprint density at radius 3 is 2.81 bits per heavy atom. The first-order valence-electron chi connectivity index (χ1n) is 11.1. The molecule has 1 aromatic carbocycles. The second kappa shape index (κ2) is 9.12. The van der Waals surface area contributed by atoms with E-state index in [-0.39, 0.29) is 17.4 Å². The Labute approximate surface area is 185 Å². The van der Waals surface area contributed by atoms with Crippen molar-refractivity contribution in [2.24, 2.45) is 11.8 Å². The molecule has 2 heterocycles. The minimum Gasteiger partial charge on any atom is -0.493 e. The first-order chi connectivity index (χ1) is 15.4. The van der Waals surface area contributed by atoms with E-state index in [1.165, 1.54) is 0 Å². The molecular weight excluding hydrogens is 410 g/mol. The number of ether oxygens (including phenoxy) is 1. The minimum absolute atomic E-state index is 0.130. The number of fused-ring (bicyclic) bond motifs is 1. The van der Waals surface area contributed by atoms with Crippen molar-refractivity contribution in [3.8, 4) is 17.1 Å². The molecule has 9 heteroatoms. The second-order valence-corrected chi connectivity index (χ2v) is 8.40. The molecule has 0 unspecified atom stereocenters. The smallest absolute Gasteiger partial charge is 0.277 e. The van der Waals surface area contributed by atoms with Gasteiger partial charge in [-0.3, -0.25) is 14.8 Å². The third kappa shape index (κ3) is 4.12. The van der Waals surface area contributed by atoms with Gasteiger partial charge in [0.05, 0.1) is 17.9 Å². The number of hydrogen-bond donors (Lipinski definition) is 3. The van der Waals surface area contributed by atoms with Crippen LogP contribution in [0.3, 0.4) is 0 Å². The zero-order valence-corrected chi connectivity index (χ0v) is 18.6. The average Bonchev–Trinajstić information content (AvgIpc) is 3.07. The highest BCUT2D eigenvalue weighted by atomic mass is 16.5. The van der Waals surface area contributed by atoms with Gasteiger partial charge in [-0.15, -0.1) is 5.10 Å². The number of nitrogens with zero attached hydrogens (tertiary/aromatic N) is 3. The number of carbonyl (C=O) groups excluding carboxylic acids is 1. The van der Waals surface area contributed by atoms with Crippen LogP contribution in [-0.2, 0) is 17.6 Å². The highest BCUT2D eigenvalue weighted by Gasteiger charge is 2.34. The van der Waals surface area contributed by atoms with E-state index in [0.717, 1.165) is 49.1 Å². The van der Waals surface area contributed by atoms with Crippen molar-refractivity contribution in [3.05, 3.63) is 45.6 Å². The van der Waals surface area contributed by atoms with Gasteiger partial charge >= 0.3 is 0 Å². The Morgan fingerprint density at radius 2 is 2.12 bits per heavy atom. The maximum Gasteiger partial charge on any atom is 0.277 e. The highest BCUT2D eigenvalue weighted by molar-refractivity contribution is 5.78. The second-order valence-electron chi connectivity index (χ2n) is 8.40. The van der Waals surface area contributed by atoms with Gasteiger partial charge in [0.25, 0.3) is 5.56 Å². The van der Waals surface area contributed by atoms with Crippen LogP contribution in [0.25, 0.3) is 16.9 Å². The predicted octanol–water partition coefficient (Wildman–Crippen LogP) is 2.82. The summed E-state index contributed by atoms with van der Waals surface area (Å²) >= 11 is 0. The third-order valence-electron chi connectivity index (χ3n) is 6.06. The first kappa shape index (κ1) is 22.0. The Kier molecular flexibility index (Phi) is 6.27. The molecule has 1 fully saturated rings. The van der Waals surface area contributed by atoms with Crippen molar-refractivity contribution >= 4 is 11.4 Å². The molecule has 0 atom stereocenters. The van der Waals surface area contributed by atoms with Gasteiger partial charge in [0.2, 0.25) is 5.91 Å². The number of nitrogens with one attached hydrogen (secondary N) is 2. The Morgan fingerprint density at radius 1 is 1.34 bits per heavy atom. The summed E-state index contributed by atoms with van der Waals surface area (Å²) in [5, 5.41) is 13.5. The van der Waals surface area contributed by atoms with Crippen LogP contribution in [0.5, 0.6) is 5.75 Å². The summed E-state index contributed by atoms with van der Waals surface area (Å²) in [6.45, 7) is 6.29. The molecular formula is C23H29N5O4. The number of rotatable bonds is 8. The van der Waals surface area contributed by atoms with E-state index in [2.05, 4.69) is 16.9 Å². The molecule has 3 aromatic rings. The Balaban J connectivity index is 1.69. The van der Waals surface area contributed by atoms with Crippen molar-refractivity contribution in [1.29, 1.82) is 0 Å². The number of benzene rings is 1. The topological polar surface area (TPSA) is 122 Å². The molecule has 1 amide bonds. The molecule has 1 aliphatic carbocycles. The van der Waals surface area contributed by atoms with E-state index in [1.807, 2.05) is 32.0 Å². The van der Waals surface area contributed by atoms with Crippen LogP contribution < -0.4 is 15.8 Å². The zero-order valence-electron chi connectivity index (χ0n) is 18.6.